The first-order chi connectivity index (χ1) is 11.0. The molecule has 0 aromatic heterocycles. The highest BCUT2D eigenvalue weighted by Crippen LogP contribution is 2.26. The Balaban J connectivity index is 2.02. The Morgan fingerprint density at radius 1 is 1.39 bits per heavy atom. The SMILES string of the molecule is C=CC(=O)N1CCC(C(=O)N(C)c2ccc(OC)c(F)c2)CC1. The molecule has 1 fully saturated rings. The Hall–Kier alpha value is -2.37. The van der Waals surface area contributed by atoms with E-state index in [9.17, 15) is 14.0 Å². The predicted molar refractivity (Wildman–Crippen MR) is 85.9 cm³/mol. The van der Waals surface area contributed by atoms with Crippen LogP contribution in [0.1, 0.15) is 12.8 Å². The smallest absolute Gasteiger partial charge is 0.245 e. The minimum Gasteiger partial charge on any atom is -0.494 e. The molecule has 1 saturated heterocycles. The molecular weight excluding hydrogens is 299 g/mol. The summed E-state index contributed by atoms with van der Waals surface area (Å²) in [4.78, 5) is 27.3. The van der Waals surface area contributed by atoms with Gasteiger partial charge in [0, 0.05) is 37.8 Å². The summed E-state index contributed by atoms with van der Waals surface area (Å²) in [5.74, 6) is -0.706. The van der Waals surface area contributed by atoms with Gasteiger partial charge in [-0.3, -0.25) is 9.59 Å². The molecule has 0 bridgehead atoms. The second-order valence-corrected chi connectivity index (χ2v) is 5.52. The van der Waals surface area contributed by atoms with Gasteiger partial charge in [-0.15, -0.1) is 0 Å². The highest BCUT2D eigenvalue weighted by Gasteiger charge is 2.29. The third kappa shape index (κ3) is 3.70. The van der Waals surface area contributed by atoms with Crippen molar-refractivity contribution in [3.63, 3.8) is 0 Å². The first-order valence-corrected chi connectivity index (χ1v) is 7.50. The summed E-state index contributed by atoms with van der Waals surface area (Å²) < 4.78 is 18.7. The fraction of sp³-hybridized carbons (Fsp3) is 0.412. The van der Waals surface area contributed by atoms with E-state index in [0.717, 1.165) is 0 Å². The van der Waals surface area contributed by atoms with Gasteiger partial charge in [0.2, 0.25) is 11.8 Å². The van der Waals surface area contributed by atoms with Crippen molar-refractivity contribution in [1.29, 1.82) is 0 Å². The van der Waals surface area contributed by atoms with Gasteiger partial charge in [0.1, 0.15) is 0 Å². The Bertz CT molecular complexity index is 610. The molecule has 23 heavy (non-hydrogen) atoms. The van der Waals surface area contributed by atoms with Crippen molar-refractivity contribution in [2.45, 2.75) is 12.8 Å². The summed E-state index contributed by atoms with van der Waals surface area (Å²) in [6.07, 6.45) is 2.48. The number of halogens is 1. The average Bonchev–Trinajstić information content (AvgIpc) is 2.59. The van der Waals surface area contributed by atoms with E-state index < -0.39 is 5.82 Å². The van der Waals surface area contributed by atoms with Crippen molar-refractivity contribution in [3.8, 4) is 5.75 Å². The maximum absolute atomic E-state index is 13.8. The number of amides is 2. The maximum Gasteiger partial charge on any atom is 0.245 e. The first-order valence-electron chi connectivity index (χ1n) is 7.50. The zero-order valence-corrected chi connectivity index (χ0v) is 13.4. The minimum absolute atomic E-state index is 0.0692. The number of methoxy groups -OCH3 is 1. The number of hydrogen-bond acceptors (Lipinski definition) is 3. The van der Waals surface area contributed by atoms with Gasteiger partial charge >= 0.3 is 0 Å². The molecule has 0 N–H and O–H groups in total. The molecule has 124 valence electrons. The molecule has 0 radical (unpaired) electrons. The molecule has 1 aromatic carbocycles. The van der Waals surface area contributed by atoms with Crippen molar-refractivity contribution in [2.75, 3.05) is 32.1 Å². The van der Waals surface area contributed by atoms with E-state index in [0.29, 0.717) is 31.6 Å². The van der Waals surface area contributed by atoms with Crippen molar-refractivity contribution >= 4 is 17.5 Å². The predicted octanol–water partition coefficient (Wildman–Crippen LogP) is 2.22. The molecule has 6 heteroatoms. The molecule has 2 amide bonds. The van der Waals surface area contributed by atoms with Crippen LogP contribution in [0.4, 0.5) is 10.1 Å². The van der Waals surface area contributed by atoms with Crippen LogP contribution in [0.5, 0.6) is 5.75 Å². The zero-order chi connectivity index (χ0) is 17.0. The fourth-order valence-electron chi connectivity index (χ4n) is 2.74. The van der Waals surface area contributed by atoms with Gasteiger partial charge in [0.05, 0.1) is 7.11 Å². The lowest BCUT2D eigenvalue weighted by Crippen LogP contribution is -2.43. The number of carbonyl (C=O) groups excluding carboxylic acids is 2. The van der Waals surface area contributed by atoms with Crippen LogP contribution in [0.25, 0.3) is 0 Å². The Labute approximate surface area is 135 Å². The molecule has 0 spiro atoms. The van der Waals surface area contributed by atoms with Crippen molar-refractivity contribution in [3.05, 3.63) is 36.7 Å². The van der Waals surface area contributed by atoms with Gasteiger partial charge in [-0.05, 0) is 31.1 Å². The topological polar surface area (TPSA) is 49.9 Å². The molecule has 1 aliphatic heterocycles. The second kappa shape index (κ2) is 7.26. The van der Waals surface area contributed by atoms with E-state index >= 15 is 0 Å². The van der Waals surface area contributed by atoms with Crippen molar-refractivity contribution in [2.24, 2.45) is 5.92 Å². The van der Waals surface area contributed by atoms with E-state index in [4.69, 9.17) is 4.74 Å². The number of hydrogen-bond donors (Lipinski definition) is 0. The molecular formula is C17H21FN2O3. The third-order valence-electron chi connectivity index (χ3n) is 4.18. The van der Waals surface area contributed by atoms with Crippen LogP contribution in [0.2, 0.25) is 0 Å². The van der Waals surface area contributed by atoms with Crippen LogP contribution >= 0.6 is 0 Å². The van der Waals surface area contributed by atoms with Crippen molar-refractivity contribution in [1.82, 2.24) is 4.90 Å². The number of anilines is 1. The lowest BCUT2D eigenvalue weighted by atomic mass is 9.95. The number of likely N-dealkylation sites (tertiary alicyclic amines) is 1. The molecule has 5 nitrogen and oxygen atoms in total. The van der Waals surface area contributed by atoms with Crippen LogP contribution in [-0.4, -0.2) is 44.0 Å². The standard InChI is InChI=1S/C17H21FN2O3/c1-4-16(21)20-9-7-12(8-10-20)17(22)19(2)13-5-6-15(23-3)14(18)11-13/h4-6,11-12H,1,7-10H2,2-3H3. The number of nitrogens with zero attached hydrogens (tertiary/aromatic N) is 2. The summed E-state index contributed by atoms with van der Waals surface area (Å²) in [5, 5.41) is 0. The summed E-state index contributed by atoms with van der Waals surface area (Å²) in [7, 11) is 3.02. The molecule has 0 unspecified atom stereocenters. The second-order valence-electron chi connectivity index (χ2n) is 5.52. The van der Waals surface area contributed by atoms with Gasteiger partial charge in [0.25, 0.3) is 0 Å². The number of piperidine rings is 1. The summed E-state index contributed by atoms with van der Waals surface area (Å²) in [6.45, 7) is 4.54. The summed E-state index contributed by atoms with van der Waals surface area (Å²) >= 11 is 0. The van der Waals surface area contributed by atoms with E-state index in [-0.39, 0.29) is 23.5 Å². The van der Waals surface area contributed by atoms with E-state index in [1.54, 1.807) is 18.0 Å². The number of rotatable bonds is 4. The van der Waals surface area contributed by atoms with Gasteiger partial charge in [-0.1, -0.05) is 6.58 Å². The van der Waals surface area contributed by atoms with Gasteiger partial charge in [-0.2, -0.15) is 0 Å². The van der Waals surface area contributed by atoms with Gasteiger partial charge in [0.15, 0.2) is 11.6 Å². The van der Waals surface area contributed by atoms with Gasteiger partial charge < -0.3 is 14.5 Å². The highest BCUT2D eigenvalue weighted by atomic mass is 19.1. The maximum atomic E-state index is 13.8. The molecule has 0 aliphatic carbocycles. The Morgan fingerprint density at radius 2 is 2.04 bits per heavy atom. The van der Waals surface area contributed by atoms with E-state index in [1.165, 1.54) is 30.2 Å². The number of benzene rings is 1. The molecule has 1 aromatic rings. The van der Waals surface area contributed by atoms with Crippen LogP contribution < -0.4 is 9.64 Å². The molecule has 2 rings (SSSR count). The fourth-order valence-corrected chi connectivity index (χ4v) is 2.74. The van der Waals surface area contributed by atoms with Crippen LogP contribution in [0.15, 0.2) is 30.9 Å². The summed E-state index contributed by atoms with van der Waals surface area (Å²) in [6, 6.07) is 4.43. The van der Waals surface area contributed by atoms with Gasteiger partial charge in [-0.25, -0.2) is 4.39 Å². The lowest BCUT2D eigenvalue weighted by Gasteiger charge is -2.32. The molecule has 1 aliphatic rings. The number of ether oxygens (including phenoxy) is 1. The van der Waals surface area contributed by atoms with Crippen LogP contribution in [-0.2, 0) is 9.59 Å². The quantitative estimate of drug-likeness (QED) is 0.799. The minimum atomic E-state index is -0.504. The normalized spacial score (nSPS) is 15.2. The third-order valence-corrected chi connectivity index (χ3v) is 4.18. The molecule has 0 atom stereocenters. The summed E-state index contributed by atoms with van der Waals surface area (Å²) in [5.41, 5.74) is 0.484. The molecule has 0 saturated carbocycles. The Morgan fingerprint density at radius 3 is 2.57 bits per heavy atom. The largest absolute Gasteiger partial charge is 0.494 e. The number of carbonyl (C=O) groups is 2. The van der Waals surface area contributed by atoms with E-state index in [2.05, 4.69) is 6.58 Å². The Kier molecular flexibility index (Phi) is 5.36. The molecule has 1 heterocycles. The zero-order valence-electron chi connectivity index (χ0n) is 13.4. The van der Waals surface area contributed by atoms with E-state index in [1.807, 2.05) is 0 Å². The monoisotopic (exact) mass is 320 g/mol. The average molecular weight is 320 g/mol. The highest BCUT2D eigenvalue weighted by molar-refractivity contribution is 5.95. The van der Waals surface area contributed by atoms with Crippen LogP contribution in [0.3, 0.4) is 0 Å². The van der Waals surface area contributed by atoms with Crippen molar-refractivity contribution < 1.29 is 18.7 Å². The van der Waals surface area contributed by atoms with Crippen LogP contribution in [0, 0.1) is 11.7 Å². The lowest BCUT2D eigenvalue weighted by molar-refractivity contribution is -0.130. The first kappa shape index (κ1) is 17.0.